The summed E-state index contributed by atoms with van der Waals surface area (Å²) < 4.78 is 32.4. The largest absolute Gasteiger partial charge is 0.388 e. The highest BCUT2D eigenvalue weighted by Crippen LogP contribution is 2.40. The second-order valence-electron chi connectivity index (χ2n) is 8.64. The Bertz CT molecular complexity index is 799. The molecular weight excluding hydrogens is 384 g/mol. The van der Waals surface area contributed by atoms with E-state index in [9.17, 15) is 13.5 Å². The molecule has 0 saturated carbocycles. The predicted molar refractivity (Wildman–Crippen MR) is 118 cm³/mol. The van der Waals surface area contributed by atoms with Gasteiger partial charge in [0.1, 0.15) is 0 Å². The average molecular weight is 421 g/mol. The molecule has 1 heterocycles. The van der Waals surface area contributed by atoms with Gasteiger partial charge >= 0.3 is 0 Å². The van der Waals surface area contributed by atoms with Gasteiger partial charge in [-0.15, -0.1) is 0 Å². The van der Waals surface area contributed by atoms with Gasteiger partial charge in [-0.25, -0.2) is 8.42 Å². The van der Waals surface area contributed by atoms with Crippen LogP contribution in [0.2, 0.25) is 0 Å². The Balaban J connectivity index is 2.25. The molecule has 1 aliphatic heterocycles. The van der Waals surface area contributed by atoms with Crippen LogP contribution in [0.4, 0.5) is 0 Å². The standard InChI is InChI=1S/C24H36O4S/c1-7-17(4)13-23-19(6)21(15-29(26,27)20-11-9-8-10-12-20)24(28-23)14-22(25)18(5)16(2)3/h8-12,17,19,21-25H,2,5,7,13-15H2,1,3-4,6H3/t17-,19-,21-,22+,23-,24+/m1/s1. The maximum Gasteiger partial charge on any atom is 0.178 e. The van der Waals surface area contributed by atoms with E-state index < -0.39 is 15.9 Å². The minimum atomic E-state index is -3.44. The van der Waals surface area contributed by atoms with Crippen LogP contribution in [0.25, 0.3) is 0 Å². The molecule has 0 unspecified atom stereocenters. The zero-order valence-electron chi connectivity index (χ0n) is 18.2. The Morgan fingerprint density at radius 2 is 1.79 bits per heavy atom. The predicted octanol–water partition coefficient (Wildman–Crippen LogP) is 4.80. The summed E-state index contributed by atoms with van der Waals surface area (Å²) in [4.78, 5) is 0.336. The van der Waals surface area contributed by atoms with Crippen molar-refractivity contribution in [3.05, 3.63) is 54.6 Å². The lowest BCUT2D eigenvalue weighted by Gasteiger charge is -2.24. The van der Waals surface area contributed by atoms with E-state index in [1.165, 1.54) is 0 Å². The Labute approximate surface area is 176 Å². The van der Waals surface area contributed by atoms with E-state index in [1.54, 1.807) is 24.3 Å². The van der Waals surface area contributed by atoms with Gasteiger partial charge in [0.2, 0.25) is 0 Å². The Morgan fingerprint density at radius 1 is 1.17 bits per heavy atom. The molecule has 5 heteroatoms. The minimum Gasteiger partial charge on any atom is -0.388 e. The third kappa shape index (κ3) is 6.03. The van der Waals surface area contributed by atoms with Gasteiger partial charge in [-0.1, -0.05) is 64.1 Å². The minimum absolute atomic E-state index is 0.00350. The molecule has 0 bridgehead atoms. The summed E-state index contributed by atoms with van der Waals surface area (Å²) in [5, 5.41) is 10.6. The fourth-order valence-electron chi connectivity index (χ4n) is 4.01. The van der Waals surface area contributed by atoms with Crippen molar-refractivity contribution in [2.24, 2.45) is 17.8 Å². The maximum atomic E-state index is 13.0. The van der Waals surface area contributed by atoms with E-state index in [2.05, 4.69) is 33.9 Å². The average Bonchev–Trinajstić information content (AvgIpc) is 2.96. The lowest BCUT2D eigenvalue weighted by molar-refractivity contribution is -0.00220. The molecule has 0 radical (unpaired) electrons. The molecular formula is C24H36O4S. The van der Waals surface area contributed by atoms with Crippen molar-refractivity contribution < 1.29 is 18.3 Å². The zero-order valence-corrected chi connectivity index (χ0v) is 19.0. The summed E-state index contributed by atoms with van der Waals surface area (Å²) in [6, 6.07) is 8.57. The summed E-state index contributed by atoms with van der Waals surface area (Å²) in [7, 11) is -3.44. The monoisotopic (exact) mass is 420 g/mol. The first kappa shape index (κ1) is 23.8. The van der Waals surface area contributed by atoms with Crippen molar-refractivity contribution in [3.8, 4) is 0 Å². The summed E-state index contributed by atoms with van der Waals surface area (Å²) in [5.41, 5.74) is 1.31. The first-order valence-corrected chi connectivity index (χ1v) is 12.2. The topological polar surface area (TPSA) is 63.6 Å². The van der Waals surface area contributed by atoms with Gasteiger partial charge in [-0.05, 0) is 42.9 Å². The van der Waals surface area contributed by atoms with Crippen LogP contribution in [-0.2, 0) is 14.6 Å². The third-order valence-corrected chi connectivity index (χ3v) is 8.15. The number of hydrogen-bond donors (Lipinski definition) is 1. The first-order chi connectivity index (χ1) is 13.6. The summed E-state index contributed by atoms with van der Waals surface area (Å²) >= 11 is 0. The van der Waals surface area contributed by atoms with Crippen LogP contribution in [0.15, 0.2) is 59.5 Å². The van der Waals surface area contributed by atoms with Gasteiger partial charge in [0, 0.05) is 12.3 Å². The van der Waals surface area contributed by atoms with E-state index in [0.717, 1.165) is 18.4 Å². The van der Waals surface area contributed by atoms with E-state index in [4.69, 9.17) is 4.74 Å². The number of ether oxygens (including phenoxy) is 1. The molecule has 2 rings (SSSR count). The lowest BCUT2D eigenvalue weighted by Crippen LogP contribution is -2.31. The molecule has 1 aromatic carbocycles. The molecule has 6 atom stereocenters. The second kappa shape index (κ2) is 10.1. The van der Waals surface area contributed by atoms with Crippen LogP contribution in [-0.4, -0.2) is 37.6 Å². The molecule has 162 valence electrons. The number of benzene rings is 1. The Morgan fingerprint density at radius 3 is 2.34 bits per heavy atom. The molecule has 0 aliphatic carbocycles. The second-order valence-corrected chi connectivity index (χ2v) is 10.7. The van der Waals surface area contributed by atoms with E-state index in [0.29, 0.717) is 22.8 Å². The highest BCUT2D eigenvalue weighted by atomic mass is 32.2. The third-order valence-electron chi connectivity index (χ3n) is 6.34. The molecule has 0 aromatic heterocycles. The van der Waals surface area contributed by atoms with Crippen LogP contribution in [0.3, 0.4) is 0 Å². The van der Waals surface area contributed by atoms with Crippen molar-refractivity contribution in [3.63, 3.8) is 0 Å². The van der Waals surface area contributed by atoms with Gasteiger partial charge in [-0.3, -0.25) is 0 Å². The SMILES string of the molecule is C=C(C)C(=C)[C@@H](O)C[C@@H]1O[C@H](C[C@H](C)CC)[C@H](C)[C@H]1CS(=O)(=O)c1ccccc1. The smallest absolute Gasteiger partial charge is 0.178 e. The maximum absolute atomic E-state index is 13.0. The number of aliphatic hydroxyl groups excluding tert-OH is 1. The summed E-state index contributed by atoms with van der Waals surface area (Å²) in [6.07, 6.45) is 1.17. The molecule has 1 saturated heterocycles. The molecule has 1 aromatic rings. The van der Waals surface area contributed by atoms with Crippen molar-refractivity contribution in [2.75, 3.05) is 5.75 Å². The van der Waals surface area contributed by atoms with Crippen molar-refractivity contribution in [2.45, 2.75) is 70.2 Å². The summed E-state index contributed by atoms with van der Waals surface area (Å²) in [5.74, 6) is 0.439. The van der Waals surface area contributed by atoms with Gasteiger partial charge in [0.25, 0.3) is 0 Å². The van der Waals surface area contributed by atoms with E-state index >= 15 is 0 Å². The van der Waals surface area contributed by atoms with Crippen molar-refractivity contribution in [1.29, 1.82) is 0 Å². The number of sulfone groups is 1. The van der Waals surface area contributed by atoms with Crippen LogP contribution in [0.1, 0.15) is 47.0 Å². The normalized spacial score (nSPS) is 26.8. The number of rotatable bonds is 10. The van der Waals surface area contributed by atoms with Crippen molar-refractivity contribution >= 4 is 9.84 Å². The molecule has 1 N–H and O–H groups in total. The van der Waals surface area contributed by atoms with Crippen LogP contribution in [0.5, 0.6) is 0 Å². The van der Waals surface area contributed by atoms with Crippen LogP contribution >= 0.6 is 0 Å². The molecule has 29 heavy (non-hydrogen) atoms. The zero-order chi connectivity index (χ0) is 21.8. The Hall–Kier alpha value is -1.43. The van der Waals surface area contributed by atoms with Crippen molar-refractivity contribution in [1.82, 2.24) is 0 Å². The van der Waals surface area contributed by atoms with E-state index in [-0.39, 0.29) is 29.8 Å². The van der Waals surface area contributed by atoms with Gasteiger partial charge in [-0.2, -0.15) is 0 Å². The number of hydrogen-bond acceptors (Lipinski definition) is 4. The highest BCUT2D eigenvalue weighted by molar-refractivity contribution is 7.91. The van der Waals surface area contributed by atoms with E-state index in [1.807, 2.05) is 13.0 Å². The van der Waals surface area contributed by atoms with Gasteiger partial charge in [0.05, 0.1) is 29.0 Å². The highest BCUT2D eigenvalue weighted by Gasteiger charge is 2.44. The molecule has 1 aliphatic rings. The summed E-state index contributed by atoms with van der Waals surface area (Å²) in [6.45, 7) is 16.0. The quantitative estimate of drug-likeness (QED) is 0.552. The Kier molecular flexibility index (Phi) is 8.27. The lowest BCUT2D eigenvalue weighted by atomic mass is 9.84. The van der Waals surface area contributed by atoms with Crippen LogP contribution < -0.4 is 0 Å². The van der Waals surface area contributed by atoms with Gasteiger partial charge in [0.15, 0.2) is 9.84 Å². The fourth-order valence-corrected chi connectivity index (χ4v) is 5.80. The molecule has 1 fully saturated rings. The molecule has 0 spiro atoms. The van der Waals surface area contributed by atoms with Gasteiger partial charge < -0.3 is 9.84 Å². The van der Waals surface area contributed by atoms with Crippen LogP contribution in [0, 0.1) is 17.8 Å². The fraction of sp³-hybridized carbons (Fsp3) is 0.583. The molecule has 0 amide bonds. The number of aliphatic hydroxyl groups is 1. The first-order valence-electron chi connectivity index (χ1n) is 10.5. The molecule has 4 nitrogen and oxygen atoms in total.